The summed E-state index contributed by atoms with van der Waals surface area (Å²) in [7, 11) is -3.26. The maximum Gasteiger partial charge on any atom is 0.233 e. The van der Waals surface area contributed by atoms with Gasteiger partial charge in [0.25, 0.3) is 0 Å². The van der Waals surface area contributed by atoms with E-state index in [0.717, 1.165) is 16.7 Å². The van der Waals surface area contributed by atoms with Crippen LogP contribution in [0.4, 0.5) is 5.69 Å². The highest BCUT2D eigenvalue weighted by Crippen LogP contribution is 2.35. The van der Waals surface area contributed by atoms with Crippen LogP contribution in [0.3, 0.4) is 0 Å². The fraction of sp³-hybridized carbons (Fsp3) is 0.100. The van der Waals surface area contributed by atoms with Crippen molar-refractivity contribution < 1.29 is 13.2 Å². The summed E-state index contributed by atoms with van der Waals surface area (Å²) in [6.07, 6.45) is 0.524. The van der Waals surface area contributed by atoms with Gasteiger partial charge in [0, 0.05) is 10.6 Å². The fourth-order valence-electron chi connectivity index (χ4n) is 2.96. The van der Waals surface area contributed by atoms with E-state index in [1.165, 1.54) is 0 Å². The maximum atomic E-state index is 11.9. The minimum Gasteiger partial charge on any atom is -0.457 e. The number of fused-ring (bicyclic) bond motifs is 1. The fourth-order valence-corrected chi connectivity index (χ4v) is 4.23. The highest BCUT2D eigenvalue weighted by Gasteiger charge is 2.22. The summed E-state index contributed by atoms with van der Waals surface area (Å²) in [5.74, 6) is 1.52. The number of aryl methyl sites for hydroxylation is 1. The summed E-state index contributed by atoms with van der Waals surface area (Å²) in [4.78, 5) is 0. The normalized spacial score (nSPS) is 15.0. The highest BCUT2D eigenvalue weighted by atomic mass is 35.5. The molecular formula is C20H16ClNO3S. The summed E-state index contributed by atoms with van der Waals surface area (Å²) >= 11 is 5.88. The smallest absolute Gasteiger partial charge is 0.233 e. The van der Waals surface area contributed by atoms with Crippen molar-refractivity contribution in [3.63, 3.8) is 0 Å². The van der Waals surface area contributed by atoms with Gasteiger partial charge in [-0.05, 0) is 53.9 Å². The molecule has 26 heavy (non-hydrogen) atoms. The quantitative estimate of drug-likeness (QED) is 0.682. The molecule has 0 fully saturated rings. The lowest BCUT2D eigenvalue weighted by Gasteiger charge is -2.21. The van der Waals surface area contributed by atoms with Crippen molar-refractivity contribution in [2.75, 3.05) is 10.5 Å². The lowest BCUT2D eigenvalue weighted by molar-refractivity contribution is 0.483. The van der Waals surface area contributed by atoms with Gasteiger partial charge in [0.2, 0.25) is 10.0 Å². The molecule has 0 spiro atoms. The molecule has 0 atom stereocenters. The van der Waals surface area contributed by atoms with Gasteiger partial charge in [-0.1, -0.05) is 41.9 Å². The van der Waals surface area contributed by atoms with Crippen LogP contribution in [0, 0.1) is 0 Å². The van der Waals surface area contributed by atoms with E-state index in [-0.39, 0.29) is 5.75 Å². The second-order valence-corrected chi connectivity index (χ2v) is 8.37. The molecule has 1 heterocycles. The number of ether oxygens (including phenoxy) is 1. The van der Waals surface area contributed by atoms with Crippen molar-refractivity contribution in [2.24, 2.45) is 0 Å². The van der Waals surface area contributed by atoms with Crippen molar-refractivity contribution in [2.45, 2.75) is 6.42 Å². The predicted octanol–water partition coefficient (Wildman–Crippen LogP) is 5.10. The first-order chi connectivity index (χ1) is 12.5. The Morgan fingerprint density at radius 1 is 0.885 bits per heavy atom. The largest absolute Gasteiger partial charge is 0.457 e. The number of anilines is 1. The van der Waals surface area contributed by atoms with Crippen molar-refractivity contribution in [3.05, 3.63) is 77.3 Å². The van der Waals surface area contributed by atoms with Gasteiger partial charge in [-0.3, -0.25) is 4.72 Å². The van der Waals surface area contributed by atoms with Crippen molar-refractivity contribution >= 4 is 27.3 Å². The molecule has 0 saturated carbocycles. The first kappa shape index (κ1) is 16.9. The monoisotopic (exact) mass is 385 g/mol. The van der Waals surface area contributed by atoms with Crippen molar-refractivity contribution in [3.8, 4) is 22.6 Å². The minimum absolute atomic E-state index is 0.122. The third kappa shape index (κ3) is 3.54. The van der Waals surface area contributed by atoms with Crippen LogP contribution in [0.2, 0.25) is 5.02 Å². The summed E-state index contributed by atoms with van der Waals surface area (Å²) < 4.78 is 32.4. The number of hydrogen-bond acceptors (Lipinski definition) is 3. The molecule has 0 unspecified atom stereocenters. The molecule has 0 bridgehead atoms. The third-order valence-corrected chi connectivity index (χ3v) is 5.77. The number of sulfonamides is 1. The summed E-state index contributed by atoms with van der Waals surface area (Å²) in [5, 5.41) is 0.656. The number of para-hydroxylation sites is 1. The van der Waals surface area contributed by atoms with Gasteiger partial charge in [0.1, 0.15) is 11.5 Å². The van der Waals surface area contributed by atoms with Gasteiger partial charge in [0.05, 0.1) is 11.4 Å². The predicted molar refractivity (Wildman–Crippen MR) is 105 cm³/mol. The Labute approximate surface area is 157 Å². The molecular weight excluding hydrogens is 370 g/mol. The average Bonchev–Trinajstić information content (AvgIpc) is 2.63. The zero-order valence-corrected chi connectivity index (χ0v) is 15.3. The second-order valence-electron chi connectivity index (χ2n) is 6.09. The van der Waals surface area contributed by atoms with Crippen LogP contribution in [0.25, 0.3) is 11.1 Å². The topological polar surface area (TPSA) is 55.4 Å². The average molecular weight is 386 g/mol. The minimum atomic E-state index is -3.26. The van der Waals surface area contributed by atoms with Gasteiger partial charge in [-0.2, -0.15) is 0 Å². The highest BCUT2D eigenvalue weighted by molar-refractivity contribution is 7.92. The first-order valence-electron chi connectivity index (χ1n) is 8.16. The van der Waals surface area contributed by atoms with Crippen LogP contribution in [0.1, 0.15) is 5.56 Å². The Hall–Kier alpha value is -2.50. The molecule has 0 amide bonds. The van der Waals surface area contributed by atoms with E-state index in [2.05, 4.69) is 4.72 Å². The Bertz CT molecular complexity index is 1050. The van der Waals surface area contributed by atoms with E-state index < -0.39 is 10.0 Å². The first-order valence-corrected chi connectivity index (χ1v) is 10.2. The second kappa shape index (κ2) is 6.67. The van der Waals surface area contributed by atoms with Crippen LogP contribution in [0.5, 0.6) is 11.5 Å². The standard InChI is InChI=1S/C20H16ClNO3S/c21-16-6-10-18(11-7-16)25-17-8-4-14(5-9-17)19-3-1-2-15-12-13-26(23,24)22-20(15)19/h1-11,22H,12-13H2. The van der Waals surface area contributed by atoms with E-state index in [4.69, 9.17) is 16.3 Å². The van der Waals surface area contributed by atoms with E-state index in [9.17, 15) is 8.42 Å². The molecule has 1 aliphatic heterocycles. The van der Waals surface area contributed by atoms with E-state index >= 15 is 0 Å². The summed E-state index contributed by atoms with van der Waals surface area (Å²) in [5.41, 5.74) is 3.47. The zero-order chi connectivity index (χ0) is 18.1. The van der Waals surface area contributed by atoms with E-state index in [1.54, 1.807) is 24.3 Å². The Balaban J connectivity index is 1.63. The summed E-state index contributed by atoms with van der Waals surface area (Å²) in [6, 6.07) is 20.5. The molecule has 6 heteroatoms. The number of benzene rings is 3. The molecule has 0 saturated heterocycles. The lowest BCUT2D eigenvalue weighted by atomic mass is 9.99. The molecule has 4 nitrogen and oxygen atoms in total. The van der Waals surface area contributed by atoms with Crippen molar-refractivity contribution in [1.29, 1.82) is 0 Å². The molecule has 3 aromatic carbocycles. The molecule has 0 aromatic heterocycles. The Morgan fingerprint density at radius 2 is 1.54 bits per heavy atom. The number of rotatable bonds is 3. The van der Waals surface area contributed by atoms with Gasteiger partial charge >= 0.3 is 0 Å². The van der Waals surface area contributed by atoms with Gasteiger partial charge in [-0.25, -0.2) is 8.42 Å². The number of halogens is 1. The van der Waals surface area contributed by atoms with E-state index in [0.29, 0.717) is 28.6 Å². The van der Waals surface area contributed by atoms with Crippen molar-refractivity contribution in [1.82, 2.24) is 0 Å². The molecule has 3 aromatic rings. The Kier molecular flexibility index (Phi) is 4.34. The molecule has 1 aliphatic rings. The maximum absolute atomic E-state index is 11.9. The van der Waals surface area contributed by atoms with Crippen LogP contribution in [-0.2, 0) is 16.4 Å². The van der Waals surface area contributed by atoms with Gasteiger partial charge in [-0.15, -0.1) is 0 Å². The summed E-state index contributed by atoms with van der Waals surface area (Å²) in [6.45, 7) is 0. The number of hydrogen-bond donors (Lipinski definition) is 1. The third-order valence-electron chi connectivity index (χ3n) is 4.26. The molecule has 0 radical (unpaired) electrons. The van der Waals surface area contributed by atoms with Crippen LogP contribution >= 0.6 is 11.6 Å². The van der Waals surface area contributed by atoms with Crippen LogP contribution in [-0.4, -0.2) is 14.2 Å². The van der Waals surface area contributed by atoms with Gasteiger partial charge in [0.15, 0.2) is 0 Å². The van der Waals surface area contributed by atoms with E-state index in [1.807, 2.05) is 42.5 Å². The zero-order valence-electron chi connectivity index (χ0n) is 13.8. The molecule has 132 valence electrons. The number of nitrogens with one attached hydrogen (secondary N) is 1. The SMILES string of the molecule is O=S1(=O)CCc2cccc(-c3ccc(Oc4ccc(Cl)cc4)cc3)c2N1. The molecule has 4 rings (SSSR count). The van der Waals surface area contributed by atoms with Crippen LogP contribution in [0.15, 0.2) is 66.7 Å². The van der Waals surface area contributed by atoms with Crippen LogP contribution < -0.4 is 9.46 Å². The molecule has 1 N–H and O–H groups in total. The lowest BCUT2D eigenvalue weighted by Crippen LogP contribution is -2.24. The van der Waals surface area contributed by atoms with Gasteiger partial charge < -0.3 is 4.74 Å². The molecule has 0 aliphatic carbocycles. The Morgan fingerprint density at radius 3 is 2.23 bits per heavy atom.